The first-order chi connectivity index (χ1) is 14.9. The lowest BCUT2D eigenvalue weighted by Gasteiger charge is -2.05. The van der Waals surface area contributed by atoms with Crippen molar-refractivity contribution < 1.29 is 12.6 Å². The predicted molar refractivity (Wildman–Crippen MR) is 111 cm³/mol. The van der Waals surface area contributed by atoms with Gasteiger partial charge in [-0.15, -0.1) is 11.3 Å². The molecule has 0 atom stereocenters. The van der Waals surface area contributed by atoms with Gasteiger partial charge in [0.1, 0.15) is 11.2 Å². The number of thiophene rings is 1. The Hall–Kier alpha value is -2.65. The number of fused-ring (bicyclic) bond motifs is 4. The van der Waals surface area contributed by atoms with Crippen molar-refractivity contribution in [2.75, 3.05) is 0 Å². The van der Waals surface area contributed by atoms with Crippen LogP contribution in [0.15, 0.2) is 47.0 Å². The normalized spacial score (nSPS) is 16.2. The highest BCUT2D eigenvalue weighted by Crippen LogP contribution is 2.40. The van der Waals surface area contributed by atoms with E-state index in [1.807, 2.05) is 24.3 Å². The number of benzene rings is 2. The maximum atomic E-state index is 7.84. The molecule has 5 rings (SSSR count). The van der Waals surface area contributed by atoms with Crippen molar-refractivity contribution >= 4 is 43.4 Å². The Morgan fingerprint density at radius 2 is 1.88 bits per heavy atom. The summed E-state index contributed by atoms with van der Waals surface area (Å²) in [6, 6.07) is 11.2. The van der Waals surface area contributed by atoms with Crippen LogP contribution in [0.1, 0.15) is 29.8 Å². The molecule has 0 radical (unpaired) electrons. The molecule has 0 unspecified atom stereocenters. The van der Waals surface area contributed by atoms with Gasteiger partial charge in [-0.05, 0) is 73.9 Å². The minimum atomic E-state index is -2.58. The number of furan rings is 1. The van der Waals surface area contributed by atoms with Crippen molar-refractivity contribution in [3.8, 4) is 11.3 Å². The van der Waals surface area contributed by atoms with Gasteiger partial charge >= 0.3 is 0 Å². The van der Waals surface area contributed by atoms with E-state index in [4.69, 9.17) is 12.6 Å². The highest BCUT2D eigenvalue weighted by Gasteiger charge is 2.15. The van der Waals surface area contributed by atoms with Gasteiger partial charge < -0.3 is 4.42 Å². The topological polar surface area (TPSA) is 26.0 Å². The summed E-state index contributed by atoms with van der Waals surface area (Å²) in [7, 11) is 0. The van der Waals surface area contributed by atoms with Crippen molar-refractivity contribution in [3.05, 3.63) is 64.2 Å². The molecule has 0 fully saturated rings. The molecule has 2 aromatic carbocycles. The quantitative estimate of drug-likeness (QED) is 0.317. The number of aryl methyl sites for hydroxylation is 4. The number of hydrogen-bond acceptors (Lipinski definition) is 3. The Kier molecular flexibility index (Phi) is 2.19. The summed E-state index contributed by atoms with van der Waals surface area (Å²) in [5, 5.41) is 3.07. The standard InChI is InChI=1S/C23H19NOS/c1-12-8-20(24-11-13(12)2)17-7-5-6-16-19-9-18-14(3)15(4)26-22(18)10-21(19)25-23(16)17/h5-11H,1-4H3/i1D3,2D3. The second-order valence-electron chi connectivity index (χ2n) is 6.53. The van der Waals surface area contributed by atoms with E-state index >= 15 is 0 Å². The minimum Gasteiger partial charge on any atom is -0.455 e. The molecule has 3 aromatic heterocycles. The molecule has 0 amide bonds. The van der Waals surface area contributed by atoms with Crippen LogP contribution in [0.5, 0.6) is 0 Å². The lowest BCUT2D eigenvalue weighted by atomic mass is 10.0. The Morgan fingerprint density at radius 1 is 1.00 bits per heavy atom. The van der Waals surface area contributed by atoms with Crippen molar-refractivity contribution in [3.63, 3.8) is 0 Å². The summed E-state index contributed by atoms with van der Waals surface area (Å²) < 4.78 is 54.0. The van der Waals surface area contributed by atoms with Gasteiger partial charge in [-0.3, -0.25) is 4.98 Å². The number of pyridine rings is 1. The van der Waals surface area contributed by atoms with Crippen LogP contribution in [0.25, 0.3) is 43.3 Å². The van der Waals surface area contributed by atoms with Crippen molar-refractivity contribution in [2.45, 2.75) is 27.6 Å². The number of hydrogen-bond donors (Lipinski definition) is 0. The highest BCUT2D eigenvalue weighted by molar-refractivity contribution is 7.19. The van der Waals surface area contributed by atoms with Gasteiger partial charge in [0.2, 0.25) is 0 Å². The fourth-order valence-electron chi connectivity index (χ4n) is 3.44. The van der Waals surface area contributed by atoms with Gasteiger partial charge in [0.05, 0.1) is 5.69 Å². The second kappa shape index (κ2) is 5.42. The van der Waals surface area contributed by atoms with E-state index in [9.17, 15) is 0 Å². The maximum absolute atomic E-state index is 7.84. The summed E-state index contributed by atoms with van der Waals surface area (Å²) in [5.74, 6) is 0. The van der Waals surface area contributed by atoms with Crippen LogP contribution < -0.4 is 0 Å². The molecule has 5 aromatic rings. The van der Waals surface area contributed by atoms with Gasteiger partial charge in [-0.2, -0.15) is 0 Å². The SMILES string of the molecule is [2H]C([2H])([2H])c1cnc(-c2cccc3c2oc2cc4sc(C)c(C)c4cc23)cc1C([2H])([2H])[2H]. The molecule has 3 heterocycles. The summed E-state index contributed by atoms with van der Waals surface area (Å²) >= 11 is 1.72. The van der Waals surface area contributed by atoms with E-state index in [1.165, 1.54) is 21.9 Å². The second-order valence-corrected chi connectivity index (χ2v) is 7.78. The van der Waals surface area contributed by atoms with Gasteiger partial charge in [-0.25, -0.2) is 0 Å². The zero-order valence-corrected chi connectivity index (χ0v) is 15.1. The number of para-hydroxylation sites is 1. The van der Waals surface area contributed by atoms with Crippen LogP contribution in [0, 0.1) is 27.6 Å². The zero-order valence-electron chi connectivity index (χ0n) is 20.3. The zero-order chi connectivity index (χ0) is 23.0. The van der Waals surface area contributed by atoms with E-state index in [0.717, 1.165) is 27.3 Å². The van der Waals surface area contributed by atoms with Crippen LogP contribution in [0.4, 0.5) is 0 Å². The molecule has 0 spiro atoms. The molecule has 0 aliphatic heterocycles. The van der Waals surface area contributed by atoms with Crippen LogP contribution in [-0.4, -0.2) is 4.98 Å². The first-order valence-electron chi connectivity index (χ1n) is 11.3. The van der Waals surface area contributed by atoms with Gasteiger partial charge in [0.15, 0.2) is 0 Å². The Labute approximate surface area is 164 Å². The van der Waals surface area contributed by atoms with Crippen LogP contribution >= 0.6 is 11.3 Å². The Morgan fingerprint density at radius 3 is 2.73 bits per heavy atom. The van der Waals surface area contributed by atoms with E-state index in [-0.39, 0.29) is 11.1 Å². The largest absolute Gasteiger partial charge is 0.455 e. The maximum Gasteiger partial charge on any atom is 0.144 e. The van der Waals surface area contributed by atoms with Gasteiger partial charge in [-0.1, -0.05) is 12.1 Å². The third-order valence-electron chi connectivity index (χ3n) is 4.97. The smallest absolute Gasteiger partial charge is 0.144 e. The molecule has 0 bridgehead atoms. The summed E-state index contributed by atoms with van der Waals surface area (Å²) in [6.07, 6.45) is 1.15. The average Bonchev–Trinajstić information content (AvgIpc) is 3.21. The van der Waals surface area contributed by atoms with Crippen LogP contribution in [0.2, 0.25) is 0 Å². The lowest BCUT2D eigenvalue weighted by Crippen LogP contribution is -1.88. The van der Waals surface area contributed by atoms with Crippen molar-refractivity contribution in [1.29, 1.82) is 0 Å². The molecule has 26 heavy (non-hydrogen) atoms. The summed E-state index contributed by atoms with van der Waals surface area (Å²) in [5.41, 5.74) is 3.10. The minimum absolute atomic E-state index is 0.220. The first-order valence-corrected chi connectivity index (χ1v) is 9.13. The molecule has 0 saturated carbocycles. The summed E-state index contributed by atoms with van der Waals surface area (Å²) in [4.78, 5) is 5.58. The highest BCUT2D eigenvalue weighted by atomic mass is 32.1. The number of nitrogens with zero attached hydrogens (tertiary/aromatic N) is 1. The van der Waals surface area contributed by atoms with Crippen molar-refractivity contribution in [2.24, 2.45) is 0 Å². The molecule has 0 aliphatic carbocycles. The molecule has 0 N–H and O–H groups in total. The number of rotatable bonds is 1. The first kappa shape index (κ1) is 10.5. The fourth-order valence-corrected chi connectivity index (χ4v) is 4.52. The molecular weight excluding hydrogens is 338 g/mol. The predicted octanol–water partition coefficient (Wildman–Crippen LogP) is 7.10. The molecule has 3 heteroatoms. The van der Waals surface area contributed by atoms with Crippen LogP contribution in [0.3, 0.4) is 0 Å². The van der Waals surface area contributed by atoms with E-state index in [0.29, 0.717) is 16.8 Å². The molecule has 2 nitrogen and oxygen atoms in total. The van der Waals surface area contributed by atoms with Crippen LogP contribution in [-0.2, 0) is 0 Å². The molecule has 0 saturated heterocycles. The molecular formula is C23H19NOS. The Bertz CT molecular complexity index is 1520. The van der Waals surface area contributed by atoms with E-state index < -0.39 is 13.7 Å². The van der Waals surface area contributed by atoms with Crippen molar-refractivity contribution in [1.82, 2.24) is 4.98 Å². The fraction of sp³-hybridized carbons (Fsp3) is 0.174. The Balaban J connectivity index is 1.78. The third-order valence-corrected chi connectivity index (χ3v) is 6.14. The van der Waals surface area contributed by atoms with Gasteiger partial charge in [0, 0.05) is 40.3 Å². The molecule has 128 valence electrons. The molecule has 0 aliphatic rings. The number of aromatic nitrogens is 1. The van der Waals surface area contributed by atoms with E-state index in [2.05, 4.69) is 24.9 Å². The lowest BCUT2D eigenvalue weighted by molar-refractivity contribution is 0.670. The average molecular weight is 364 g/mol. The third kappa shape index (κ3) is 2.14. The van der Waals surface area contributed by atoms with Gasteiger partial charge in [0.25, 0.3) is 0 Å². The monoisotopic (exact) mass is 363 g/mol. The summed E-state index contributed by atoms with van der Waals surface area (Å²) in [6.45, 7) is -0.930. The van der Waals surface area contributed by atoms with E-state index in [1.54, 1.807) is 11.3 Å².